The van der Waals surface area contributed by atoms with E-state index < -0.39 is 0 Å². The van der Waals surface area contributed by atoms with E-state index in [9.17, 15) is 0 Å². The summed E-state index contributed by atoms with van der Waals surface area (Å²) in [6, 6.07) is 1.23. The molecule has 1 rings (SSSR count). The van der Waals surface area contributed by atoms with Gasteiger partial charge in [0.05, 0.1) is 13.2 Å². The van der Waals surface area contributed by atoms with Crippen LogP contribution in [0.5, 0.6) is 0 Å². The van der Waals surface area contributed by atoms with Gasteiger partial charge in [0, 0.05) is 24.5 Å². The van der Waals surface area contributed by atoms with Crippen LogP contribution in [-0.4, -0.2) is 62.3 Å². The predicted molar refractivity (Wildman–Crippen MR) is 81.5 cm³/mol. The van der Waals surface area contributed by atoms with Gasteiger partial charge in [-0.15, -0.1) is 0 Å². The summed E-state index contributed by atoms with van der Waals surface area (Å²) < 4.78 is 5.64. The van der Waals surface area contributed by atoms with Gasteiger partial charge in [0.15, 0.2) is 0 Å². The Morgan fingerprint density at radius 3 is 2.89 bits per heavy atom. The monoisotopic (exact) mass is 274 g/mol. The van der Waals surface area contributed by atoms with E-state index in [0.717, 1.165) is 26.3 Å². The molecule has 0 saturated carbocycles. The average Bonchev–Trinajstić information content (AvgIpc) is 2.80. The van der Waals surface area contributed by atoms with Crippen molar-refractivity contribution in [1.82, 2.24) is 10.2 Å². The first-order chi connectivity index (χ1) is 8.69. The van der Waals surface area contributed by atoms with E-state index in [1.165, 1.54) is 18.6 Å². The molecule has 1 N–H and O–H groups in total. The Hall–Kier alpha value is 0.230. The van der Waals surface area contributed by atoms with Crippen LogP contribution in [0.25, 0.3) is 0 Å². The van der Waals surface area contributed by atoms with Crippen LogP contribution in [0.15, 0.2) is 0 Å². The number of hydrogen-bond donors (Lipinski definition) is 1. The summed E-state index contributed by atoms with van der Waals surface area (Å²) >= 11 is 1.94. The summed E-state index contributed by atoms with van der Waals surface area (Å²) in [4.78, 5) is 2.50. The van der Waals surface area contributed by atoms with Gasteiger partial charge < -0.3 is 15.0 Å². The average molecular weight is 274 g/mol. The Bertz CT molecular complexity index is 216. The second-order valence-corrected chi connectivity index (χ2v) is 6.41. The molecule has 0 aromatic carbocycles. The number of thioether (sulfide) groups is 1. The van der Waals surface area contributed by atoms with Crippen molar-refractivity contribution in [1.29, 1.82) is 0 Å². The van der Waals surface area contributed by atoms with E-state index in [-0.39, 0.29) is 0 Å². The highest BCUT2D eigenvalue weighted by Crippen LogP contribution is 2.17. The number of hydrogen-bond acceptors (Lipinski definition) is 4. The highest BCUT2D eigenvalue weighted by atomic mass is 32.2. The van der Waals surface area contributed by atoms with E-state index in [2.05, 4.69) is 37.4 Å². The largest absolute Gasteiger partial charge is 0.379 e. The van der Waals surface area contributed by atoms with Crippen molar-refractivity contribution in [3.05, 3.63) is 0 Å². The van der Waals surface area contributed by atoms with Gasteiger partial charge in [-0.25, -0.2) is 0 Å². The van der Waals surface area contributed by atoms with Gasteiger partial charge in [-0.3, -0.25) is 0 Å². The number of rotatable bonds is 9. The molecule has 18 heavy (non-hydrogen) atoms. The lowest BCUT2D eigenvalue weighted by Crippen LogP contribution is -2.43. The van der Waals surface area contributed by atoms with Crippen LogP contribution < -0.4 is 5.32 Å². The second-order valence-electron chi connectivity index (χ2n) is 5.43. The molecule has 1 saturated heterocycles. The van der Waals surface area contributed by atoms with Gasteiger partial charge in [0.25, 0.3) is 0 Å². The summed E-state index contributed by atoms with van der Waals surface area (Å²) in [5, 5.41) is 3.61. The molecule has 0 aromatic rings. The fourth-order valence-corrected chi connectivity index (χ4v) is 2.97. The van der Waals surface area contributed by atoms with E-state index in [0.29, 0.717) is 18.0 Å². The van der Waals surface area contributed by atoms with Gasteiger partial charge in [-0.05, 0) is 45.4 Å². The van der Waals surface area contributed by atoms with Crippen molar-refractivity contribution in [2.45, 2.75) is 38.8 Å². The quantitative estimate of drug-likeness (QED) is 0.696. The third kappa shape index (κ3) is 5.47. The maximum atomic E-state index is 5.64. The normalized spacial score (nSPS) is 25.8. The third-order valence-corrected chi connectivity index (χ3v) is 4.51. The molecule has 108 valence electrons. The lowest BCUT2D eigenvalue weighted by atomic mass is 10.0. The molecule has 1 aliphatic rings. The second kappa shape index (κ2) is 9.18. The van der Waals surface area contributed by atoms with Crippen LogP contribution in [0, 0.1) is 5.92 Å². The lowest BCUT2D eigenvalue weighted by molar-refractivity contribution is 0.163. The first-order valence-electron chi connectivity index (χ1n) is 7.19. The summed E-state index contributed by atoms with van der Waals surface area (Å²) in [7, 11) is 2.25. The van der Waals surface area contributed by atoms with Crippen LogP contribution in [0.3, 0.4) is 0 Å². The lowest BCUT2D eigenvalue weighted by Gasteiger charge is -2.29. The molecule has 0 radical (unpaired) electrons. The number of nitrogens with zero attached hydrogens (tertiary/aromatic N) is 1. The van der Waals surface area contributed by atoms with Crippen LogP contribution in [0.4, 0.5) is 0 Å². The van der Waals surface area contributed by atoms with Crippen LogP contribution >= 0.6 is 11.8 Å². The highest BCUT2D eigenvalue weighted by molar-refractivity contribution is 7.98. The highest BCUT2D eigenvalue weighted by Gasteiger charge is 2.29. The zero-order valence-electron chi connectivity index (χ0n) is 12.4. The topological polar surface area (TPSA) is 24.5 Å². The van der Waals surface area contributed by atoms with Crippen LogP contribution in [0.2, 0.25) is 0 Å². The van der Waals surface area contributed by atoms with Crippen molar-refractivity contribution in [2.24, 2.45) is 5.92 Å². The fraction of sp³-hybridized carbons (Fsp3) is 1.00. The Morgan fingerprint density at radius 1 is 1.44 bits per heavy atom. The van der Waals surface area contributed by atoms with Gasteiger partial charge in [-0.2, -0.15) is 11.8 Å². The van der Waals surface area contributed by atoms with Crippen molar-refractivity contribution >= 4 is 11.8 Å². The number of ether oxygens (including phenoxy) is 1. The molecule has 0 aromatic heterocycles. The third-order valence-electron chi connectivity index (χ3n) is 3.87. The summed E-state index contributed by atoms with van der Waals surface area (Å²) in [6.45, 7) is 8.61. The van der Waals surface area contributed by atoms with Gasteiger partial charge >= 0.3 is 0 Å². The first-order valence-corrected chi connectivity index (χ1v) is 8.58. The Kier molecular flexibility index (Phi) is 8.31. The van der Waals surface area contributed by atoms with Crippen molar-refractivity contribution in [3.8, 4) is 0 Å². The summed E-state index contributed by atoms with van der Waals surface area (Å²) in [5.41, 5.74) is 0. The Labute approximate surface area is 117 Å². The van der Waals surface area contributed by atoms with Gasteiger partial charge in [0.2, 0.25) is 0 Å². The van der Waals surface area contributed by atoms with E-state index >= 15 is 0 Å². The zero-order chi connectivity index (χ0) is 13.4. The Balaban J connectivity index is 2.30. The molecule has 0 spiro atoms. The van der Waals surface area contributed by atoms with Gasteiger partial charge in [0.1, 0.15) is 0 Å². The molecule has 3 atom stereocenters. The molecule has 1 aliphatic heterocycles. The van der Waals surface area contributed by atoms with Crippen molar-refractivity contribution in [2.75, 3.05) is 45.4 Å². The predicted octanol–water partition coefficient (Wildman–Crippen LogP) is 2.07. The maximum Gasteiger partial charge on any atom is 0.0623 e. The maximum absolute atomic E-state index is 5.64. The molecule has 0 bridgehead atoms. The Morgan fingerprint density at radius 2 is 2.22 bits per heavy atom. The number of nitrogens with one attached hydrogen (secondary N) is 1. The SMILES string of the molecule is CCCNC1COCC1CN(C)C(C)CCSC. The minimum atomic E-state index is 0.556. The summed E-state index contributed by atoms with van der Waals surface area (Å²) in [6.07, 6.45) is 4.66. The van der Waals surface area contributed by atoms with E-state index in [1.54, 1.807) is 0 Å². The van der Waals surface area contributed by atoms with Crippen molar-refractivity contribution in [3.63, 3.8) is 0 Å². The zero-order valence-corrected chi connectivity index (χ0v) is 13.3. The van der Waals surface area contributed by atoms with Crippen LogP contribution in [0.1, 0.15) is 26.7 Å². The smallest absolute Gasteiger partial charge is 0.0623 e. The van der Waals surface area contributed by atoms with Crippen LogP contribution in [-0.2, 0) is 4.74 Å². The standard InChI is InChI=1S/C14H30N2OS/c1-5-7-15-14-11-17-10-13(14)9-16(3)12(2)6-8-18-4/h12-15H,5-11H2,1-4H3. The molecule has 4 heteroatoms. The molecular weight excluding hydrogens is 244 g/mol. The van der Waals surface area contributed by atoms with E-state index in [4.69, 9.17) is 4.74 Å². The van der Waals surface area contributed by atoms with Crippen molar-refractivity contribution < 1.29 is 4.74 Å². The summed E-state index contributed by atoms with van der Waals surface area (Å²) in [5.74, 6) is 1.91. The molecule has 1 heterocycles. The minimum absolute atomic E-state index is 0.556. The van der Waals surface area contributed by atoms with Gasteiger partial charge in [-0.1, -0.05) is 6.92 Å². The fourth-order valence-electron chi connectivity index (χ4n) is 2.39. The molecule has 3 unspecified atom stereocenters. The molecule has 3 nitrogen and oxygen atoms in total. The minimum Gasteiger partial charge on any atom is -0.379 e. The molecule has 0 aliphatic carbocycles. The van der Waals surface area contributed by atoms with E-state index in [1.807, 2.05) is 11.8 Å². The first kappa shape index (κ1) is 16.3. The molecule has 1 fully saturated rings. The molecule has 0 amide bonds. The molecular formula is C14H30N2OS.